The number of rotatable bonds is 5. The molecule has 0 bridgehead atoms. The summed E-state index contributed by atoms with van der Waals surface area (Å²) in [6.07, 6.45) is 3.07. The first-order chi connectivity index (χ1) is 10.7. The third kappa shape index (κ3) is 3.23. The zero-order valence-corrected chi connectivity index (χ0v) is 14.0. The first-order valence-electron chi connectivity index (χ1n) is 7.70. The van der Waals surface area contributed by atoms with Gasteiger partial charge in [-0.25, -0.2) is 4.79 Å². The summed E-state index contributed by atoms with van der Waals surface area (Å²) in [6, 6.07) is 0. The number of fused-ring (bicyclic) bond motifs is 1. The number of nitrogen functional groups attached to an aromatic ring is 1. The van der Waals surface area contributed by atoms with Gasteiger partial charge in [0, 0.05) is 5.56 Å². The number of carbonyl (C=O) groups excluding carboxylic acids is 1. The van der Waals surface area contributed by atoms with Crippen LogP contribution in [0.1, 0.15) is 52.9 Å². The van der Waals surface area contributed by atoms with Crippen molar-refractivity contribution in [2.75, 3.05) is 5.73 Å². The lowest BCUT2D eigenvalue weighted by Crippen LogP contribution is -2.10. The molecule has 0 saturated heterocycles. The Labute approximate surface area is 136 Å². The van der Waals surface area contributed by atoms with Crippen molar-refractivity contribution in [2.24, 2.45) is 5.92 Å². The molecule has 0 fully saturated rings. The van der Waals surface area contributed by atoms with Gasteiger partial charge in [0.2, 0.25) is 0 Å². The lowest BCUT2D eigenvalue weighted by Gasteiger charge is -2.15. The van der Waals surface area contributed by atoms with E-state index in [-0.39, 0.29) is 12.6 Å². The Kier molecular flexibility index (Phi) is 4.78. The van der Waals surface area contributed by atoms with Gasteiger partial charge in [-0.1, -0.05) is 18.6 Å². The summed E-state index contributed by atoms with van der Waals surface area (Å²) < 4.78 is 5.10. The van der Waals surface area contributed by atoms with Crippen LogP contribution in [-0.2, 0) is 22.6 Å². The van der Waals surface area contributed by atoms with Gasteiger partial charge in [-0.2, -0.15) is 0 Å². The van der Waals surface area contributed by atoms with Gasteiger partial charge in [-0.15, -0.1) is 0 Å². The quantitative estimate of drug-likeness (QED) is 0.494. The molecule has 0 aromatic heterocycles. The number of carboxylic acids is 1. The van der Waals surface area contributed by atoms with E-state index in [9.17, 15) is 9.59 Å². The highest BCUT2D eigenvalue weighted by atomic mass is 16.5. The number of allylic oxidation sites excluding steroid dienone is 2. The zero-order chi connectivity index (χ0) is 17.3. The number of cyclic esters (lactones) is 1. The van der Waals surface area contributed by atoms with Crippen LogP contribution in [0, 0.1) is 19.8 Å². The van der Waals surface area contributed by atoms with Gasteiger partial charge in [-0.05, 0) is 50.3 Å². The Morgan fingerprint density at radius 3 is 2.65 bits per heavy atom. The Hall–Kier alpha value is -2.30. The van der Waals surface area contributed by atoms with Crippen LogP contribution in [-0.4, -0.2) is 17.0 Å². The summed E-state index contributed by atoms with van der Waals surface area (Å²) in [6.45, 7) is 7.86. The average molecular weight is 317 g/mol. The van der Waals surface area contributed by atoms with E-state index in [2.05, 4.69) is 0 Å². The van der Waals surface area contributed by atoms with E-state index in [4.69, 9.17) is 15.6 Å². The highest BCUT2D eigenvalue weighted by molar-refractivity contribution is 6.00. The first kappa shape index (κ1) is 17.1. The van der Waals surface area contributed by atoms with E-state index in [0.717, 1.165) is 27.8 Å². The summed E-state index contributed by atoms with van der Waals surface area (Å²) in [5.41, 5.74) is 12.1. The van der Waals surface area contributed by atoms with Crippen molar-refractivity contribution < 1.29 is 19.4 Å². The Morgan fingerprint density at radius 1 is 1.39 bits per heavy atom. The third-order valence-corrected chi connectivity index (χ3v) is 4.62. The molecule has 3 N–H and O–H groups in total. The van der Waals surface area contributed by atoms with Crippen molar-refractivity contribution in [1.82, 2.24) is 0 Å². The van der Waals surface area contributed by atoms with E-state index in [0.29, 0.717) is 24.1 Å². The molecule has 124 valence electrons. The van der Waals surface area contributed by atoms with Crippen LogP contribution in [0.15, 0.2) is 11.6 Å². The molecule has 5 heteroatoms. The highest BCUT2D eigenvalue weighted by Gasteiger charge is 2.29. The smallest absolute Gasteiger partial charge is 0.341 e. The van der Waals surface area contributed by atoms with E-state index >= 15 is 0 Å². The number of esters is 1. The maximum absolute atomic E-state index is 11.9. The highest BCUT2D eigenvalue weighted by Crippen LogP contribution is 2.35. The maximum Gasteiger partial charge on any atom is 0.341 e. The topological polar surface area (TPSA) is 89.6 Å². The van der Waals surface area contributed by atoms with Gasteiger partial charge in [0.15, 0.2) is 0 Å². The number of benzene rings is 1. The van der Waals surface area contributed by atoms with Gasteiger partial charge < -0.3 is 15.6 Å². The third-order valence-electron chi connectivity index (χ3n) is 4.62. The summed E-state index contributed by atoms with van der Waals surface area (Å²) in [5, 5.41) is 8.98. The number of carboxylic acid groups (broad SMARTS) is 1. The molecular formula is C18H23NO4. The second-order valence-corrected chi connectivity index (χ2v) is 6.27. The van der Waals surface area contributed by atoms with Gasteiger partial charge in [0.05, 0.1) is 17.2 Å². The molecule has 1 atom stereocenters. The van der Waals surface area contributed by atoms with Crippen molar-refractivity contribution in [3.63, 3.8) is 0 Å². The van der Waals surface area contributed by atoms with Crippen LogP contribution in [0.5, 0.6) is 0 Å². The summed E-state index contributed by atoms with van der Waals surface area (Å²) >= 11 is 0. The monoisotopic (exact) mass is 317 g/mol. The van der Waals surface area contributed by atoms with Crippen LogP contribution in [0.25, 0.3) is 0 Å². The van der Waals surface area contributed by atoms with Crippen LogP contribution >= 0.6 is 0 Å². The molecule has 0 radical (unpaired) electrons. The number of ether oxygens (including phenoxy) is 1. The summed E-state index contributed by atoms with van der Waals surface area (Å²) in [4.78, 5) is 22.8. The minimum absolute atomic E-state index is 0.288. The van der Waals surface area contributed by atoms with Crippen molar-refractivity contribution in [3.05, 3.63) is 39.5 Å². The first-order valence-corrected chi connectivity index (χ1v) is 7.70. The average Bonchev–Trinajstić information content (AvgIpc) is 2.86. The van der Waals surface area contributed by atoms with Crippen molar-refractivity contribution in [3.8, 4) is 0 Å². The number of anilines is 1. The molecule has 0 unspecified atom stereocenters. The molecule has 0 saturated carbocycles. The molecule has 1 aromatic carbocycles. The van der Waals surface area contributed by atoms with E-state index in [1.807, 2.05) is 26.8 Å². The van der Waals surface area contributed by atoms with Crippen molar-refractivity contribution >= 4 is 17.6 Å². The molecule has 1 aromatic rings. The standard InChI is InChI=1S/C18H23NO4/c1-9(7-10(2)17(20)21)5-6-13-11(3)12(4)14-8-23-18(22)15(14)16(13)19/h5,10H,6-8,19H2,1-4H3,(H,20,21)/b9-5+/t10-/m0/s1. The number of hydrogen-bond donors (Lipinski definition) is 2. The lowest BCUT2D eigenvalue weighted by atomic mass is 9.90. The fraction of sp³-hybridized carbons (Fsp3) is 0.444. The fourth-order valence-corrected chi connectivity index (χ4v) is 2.97. The number of aliphatic carboxylic acids is 1. The van der Waals surface area contributed by atoms with Crippen molar-refractivity contribution in [1.29, 1.82) is 0 Å². The molecule has 0 aliphatic carbocycles. The van der Waals surface area contributed by atoms with Gasteiger partial charge in [0.1, 0.15) is 6.61 Å². The number of carbonyl (C=O) groups is 2. The van der Waals surface area contributed by atoms with Crippen molar-refractivity contribution in [2.45, 2.75) is 47.1 Å². The van der Waals surface area contributed by atoms with E-state index in [1.165, 1.54) is 0 Å². The summed E-state index contributed by atoms with van der Waals surface area (Å²) in [5.74, 6) is -1.58. The molecule has 23 heavy (non-hydrogen) atoms. The molecular weight excluding hydrogens is 294 g/mol. The van der Waals surface area contributed by atoms with Gasteiger partial charge in [-0.3, -0.25) is 4.79 Å². The Bertz CT molecular complexity index is 704. The zero-order valence-electron chi connectivity index (χ0n) is 14.0. The van der Waals surface area contributed by atoms with Crippen LogP contribution in [0.4, 0.5) is 5.69 Å². The molecule has 1 aliphatic heterocycles. The van der Waals surface area contributed by atoms with Crippen LogP contribution < -0.4 is 5.73 Å². The van der Waals surface area contributed by atoms with Crippen LogP contribution in [0.2, 0.25) is 0 Å². The SMILES string of the molecule is C/C(=C\Cc1c(C)c(C)c2c(c1N)C(=O)OC2)C[C@H](C)C(=O)O. The second-order valence-electron chi connectivity index (χ2n) is 6.27. The number of hydrogen-bond acceptors (Lipinski definition) is 4. The maximum atomic E-state index is 11.9. The largest absolute Gasteiger partial charge is 0.481 e. The lowest BCUT2D eigenvalue weighted by molar-refractivity contribution is -0.141. The molecule has 5 nitrogen and oxygen atoms in total. The fourth-order valence-electron chi connectivity index (χ4n) is 2.97. The van der Waals surface area contributed by atoms with Gasteiger partial charge in [0.25, 0.3) is 0 Å². The molecule has 0 spiro atoms. The minimum Gasteiger partial charge on any atom is -0.481 e. The molecule has 1 heterocycles. The van der Waals surface area contributed by atoms with E-state index in [1.54, 1.807) is 6.92 Å². The number of nitrogens with two attached hydrogens (primary N) is 1. The minimum atomic E-state index is -0.801. The Balaban J connectivity index is 2.31. The van der Waals surface area contributed by atoms with Crippen LogP contribution in [0.3, 0.4) is 0 Å². The predicted molar refractivity (Wildman–Crippen MR) is 88.3 cm³/mol. The molecule has 2 rings (SSSR count). The van der Waals surface area contributed by atoms with Gasteiger partial charge >= 0.3 is 11.9 Å². The predicted octanol–water partition coefficient (Wildman–Crippen LogP) is 3.16. The molecule has 0 amide bonds. The molecule has 1 aliphatic rings. The summed E-state index contributed by atoms with van der Waals surface area (Å²) in [7, 11) is 0. The normalized spacial score (nSPS) is 15.3. The van der Waals surface area contributed by atoms with E-state index < -0.39 is 11.9 Å². The Morgan fingerprint density at radius 2 is 2.04 bits per heavy atom. The second kappa shape index (κ2) is 6.44.